The summed E-state index contributed by atoms with van der Waals surface area (Å²) in [4.78, 5) is 21.2. The molecule has 0 bridgehead atoms. The molecule has 1 saturated heterocycles. The Balaban J connectivity index is 0.000000378. The lowest BCUT2D eigenvalue weighted by Crippen LogP contribution is -2.43. The van der Waals surface area contributed by atoms with E-state index < -0.39 is 11.7 Å². The van der Waals surface area contributed by atoms with Gasteiger partial charge in [-0.1, -0.05) is 94.8 Å². The Morgan fingerprint density at radius 2 is 1.52 bits per heavy atom. The Morgan fingerprint density at radius 1 is 0.891 bits per heavy atom. The number of nitrogens with zero attached hydrogens (tertiary/aromatic N) is 3. The maximum Gasteiger partial charge on any atom is 0.416 e. The van der Waals surface area contributed by atoms with Crippen LogP contribution in [0.15, 0.2) is 77.8 Å². The van der Waals surface area contributed by atoms with Crippen molar-refractivity contribution in [1.29, 1.82) is 0 Å². The van der Waals surface area contributed by atoms with E-state index in [2.05, 4.69) is 81.8 Å². The summed E-state index contributed by atoms with van der Waals surface area (Å²) in [5, 5.41) is 0. The third-order valence-corrected chi connectivity index (χ3v) is 7.83. The second-order valence-electron chi connectivity index (χ2n) is 11.7. The van der Waals surface area contributed by atoms with E-state index >= 15 is 0 Å². The maximum atomic E-state index is 12.3. The van der Waals surface area contributed by atoms with Crippen LogP contribution in [0, 0.1) is 19.8 Å². The van der Waals surface area contributed by atoms with Crippen LogP contribution in [0.3, 0.4) is 0 Å². The lowest BCUT2D eigenvalue weighted by Gasteiger charge is -2.32. The van der Waals surface area contributed by atoms with Crippen LogP contribution in [-0.2, 0) is 12.7 Å². The van der Waals surface area contributed by atoms with Gasteiger partial charge in [0.2, 0.25) is 0 Å². The summed E-state index contributed by atoms with van der Waals surface area (Å²) in [5.74, 6) is 0.310. The van der Waals surface area contributed by atoms with Gasteiger partial charge in [0.1, 0.15) is 0 Å². The van der Waals surface area contributed by atoms with E-state index in [4.69, 9.17) is 4.99 Å². The number of likely N-dealkylation sites (N-methyl/N-ethyl adjacent to an activating group) is 1. The van der Waals surface area contributed by atoms with Gasteiger partial charge in [0.15, 0.2) is 5.78 Å². The SMILES string of the molecule is CC.CCC(C)C(C)=Nc1cc(CN2CCN(C)CC2)ccc1C.CCCC(=O)c1cccc(C(F)(F)F)c1.Cc1ccccc1. The highest BCUT2D eigenvalue weighted by molar-refractivity contribution is 5.96. The first-order valence-corrected chi connectivity index (χ1v) is 16.6. The van der Waals surface area contributed by atoms with E-state index in [1.165, 1.54) is 47.6 Å². The minimum Gasteiger partial charge on any atom is -0.304 e. The summed E-state index contributed by atoms with van der Waals surface area (Å²) in [6, 6.07) is 21.5. The second kappa shape index (κ2) is 21.5. The quantitative estimate of drug-likeness (QED) is 0.182. The fourth-order valence-corrected chi connectivity index (χ4v) is 4.51. The smallest absolute Gasteiger partial charge is 0.304 e. The van der Waals surface area contributed by atoms with Crippen LogP contribution in [-0.4, -0.2) is 54.5 Å². The molecular weight excluding hydrogens is 583 g/mol. The van der Waals surface area contributed by atoms with Crippen molar-refractivity contribution in [2.75, 3.05) is 33.2 Å². The van der Waals surface area contributed by atoms with E-state index in [-0.39, 0.29) is 17.8 Å². The molecule has 0 N–H and O–H groups in total. The summed E-state index contributed by atoms with van der Waals surface area (Å²) >= 11 is 0. The molecule has 7 heteroatoms. The number of Topliss-reactive ketones (excluding diaryl/α,β-unsaturated/α-hetero) is 1. The first-order chi connectivity index (χ1) is 21.8. The van der Waals surface area contributed by atoms with Gasteiger partial charge in [-0.2, -0.15) is 13.2 Å². The molecule has 1 fully saturated rings. The van der Waals surface area contributed by atoms with Crippen LogP contribution in [0.5, 0.6) is 0 Å². The Kier molecular flexibility index (Phi) is 19.0. The van der Waals surface area contributed by atoms with Crippen molar-refractivity contribution in [3.05, 3.63) is 101 Å². The predicted molar refractivity (Wildman–Crippen MR) is 189 cm³/mol. The van der Waals surface area contributed by atoms with Gasteiger partial charge < -0.3 is 4.90 Å². The molecule has 254 valence electrons. The average molecular weight is 640 g/mol. The Morgan fingerprint density at radius 3 is 2.04 bits per heavy atom. The molecule has 0 spiro atoms. The van der Waals surface area contributed by atoms with Gasteiger partial charge in [0.05, 0.1) is 11.3 Å². The van der Waals surface area contributed by atoms with Crippen LogP contribution in [0.1, 0.15) is 93.4 Å². The number of halogens is 3. The fourth-order valence-electron chi connectivity index (χ4n) is 4.51. The van der Waals surface area contributed by atoms with Crippen LogP contribution in [0.4, 0.5) is 18.9 Å². The number of piperazine rings is 1. The lowest BCUT2D eigenvalue weighted by atomic mass is 10.0. The van der Waals surface area contributed by atoms with Gasteiger partial charge >= 0.3 is 6.18 Å². The minimum atomic E-state index is -4.39. The zero-order valence-corrected chi connectivity index (χ0v) is 29.5. The van der Waals surface area contributed by atoms with Crippen molar-refractivity contribution in [3.63, 3.8) is 0 Å². The van der Waals surface area contributed by atoms with Gasteiger partial charge in [-0.05, 0) is 75.9 Å². The van der Waals surface area contributed by atoms with Gasteiger partial charge in [-0.15, -0.1) is 0 Å². The van der Waals surface area contributed by atoms with Gasteiger partial charge in [-0.3, -0.25) is 14.7 Å². The molecule has 1 unspecified atom stereocenters. The van der Waals surface area contributed by atoms with E-state index in [1.54, 1.807) is 0 Å². The number of ketones is 1. The number of benzene rings is 3. The monoisotopic (exact) mass is 639 g/mol. The molecule has 1 heterocycles. The van der Waals surface area contributed by atoms with E-state index in [1.807, 2.05) is 39.0 Å². The lowest BCUT2D eigenvalue weighted by molar-refractivity contribution is -0.137. The molecule has 3 aromatic carbocycles. The number of carbonyl (C=O) groups excluding carboxylic acids is 1. The van der Waals surface area contributed by atoms with E-state index in [9.17, 15) is 18.0 Å². The molecule has 1 atom stereocenters. The topological polar surface area (TPSA) is 35.9 Å². The number of carbonyl (C=O) groups is 1. The summed E-state index contributed by atoms with van der Waals surface area (Å²) in [6.07, 6.45) is -2.33. The third-order valence-electron chi connectivity index (χ3n) is 7.83. The zero-order valence-electron chi connectivity index (χ0n) is 29.5. The predicted octanol–water partition coefficient (Wildman–Crippen LogP) is 10.6. The molecule has 3 aromatic rings. The molecule has 1 aliphatic heterocycles. The molecule has 0 saturated carbocycles. The van der Waals surface area contributed by atoms with Crippen LogP contribution >= 0.6 is 0 Å². The van der Waals surface area contributed by atoms with Gasteiger partial charge in [0.25, 0.3) is 0 Å². The molecule has 0 amide bonds. The second-order valence-corrected chi connectivity index (χ2v) is 11.7. The first kappa shape index (κ1) is 40.7. The Labute approximate surface area is 276 Å². The first-order valence-electron chi connectivity index (χ1n) is 16.6. The molecule has 1 aliphatic rings. The highest BCUT2D eigenvalue weighted by Crippen LogP contribution is 2.30. The Hall–Kier alpha value is -3.29. The third kappa shape index (κ3) is 15.3. The summed E-state index contributed by atoms with van der Waals surface area (Å²) in [6.45, 7) is 22.4. The number of aryl methyl sites for hydroxylation is 2. The molecule has 46 heavy (non-hydrogen) atoms. The van der Waals surface area contributed by atoms with Crippen molar-refractivity contribution >= 4 is 17.2 Å². The Bertz CT molecular complexity index is 1310. The summed E-state index contributed by atoms with van der Waals surface area (Å²) in [5.41, 5.74) is 5.71. The highest BCUT2D eigenvalue weighted by Gasteiger charge is 2.30. The fraction of sp³-hybridized carbons (Fsp3) is 0.487. The number of hydrogen-bond acceptors (Lipinski definition) is 4. The average Bonchev–Trinajstić information content (AvgIpc) is 3.05. The van der Waals surface area contributed by atoms with Crippen LogP contribution in [0.2, 0.25) is 0 Å². The minimum absolute atomic E-state index is 0.131. The number of rotatable bonds is 8. The molecule has 4 rings (SSSR count). The largest absolute Gasteiger partial charge is 0.416 e. The van der Waals surface area contributed by atoms with Crippen LogP contribution < -0.4 is 0 Å². The normalized spacial score (nSPS) is 14.5. The van der Waals surface area contributed by atoms with Crippen LogP contribution in [0.25, 0.3) is 0 Å². The van der Waals surface area contributed by atoms with Gasteiger partial charge in [-0.25, -0.2) is 0 Å². The van der Waals surface area contributed by atoms with E-state index in [0.29, 0.717) is 12.3 Å². The molecule has 0 aromatic heterocycles. The molecular formula is C39H56F3N3O. The number of hydrogen-bond donors (Lipinski definition) is 0. The van der Waals surface area contributed by atoms with Crippen molar-refractivity contribution < 1.29 is 18.0 Å². The van der Waals surface area contributed by atoms with E-state index in [0.717, 1.165) is 43.9 Å². The molecule has 4 nitrogen and oxygen atoms in total. The van der Waals surface area contributed by atoms with Gasteiger partial charge in [0, 0.05) is 50.4 Å². The summed E-state index contributed by atoms with van der Waals surface area (Å²) in [7, 11) is 2.20. The standard InChI is InChI=1S/C19H31N3.C11H11F3O.C7H8.C2H6/c1-6-15(2)17(4)20-19-13-18(8-7-16(19)3)14-22-11-9-21(5)10-12-22;1-2-4-10(15)8-5-3-6-9(7-8)11(12,13)14;1-7-5-3-2-4-6-7;1-2/h7-8,13,15H,6,9-12,14H2,1-5H3;3,5-7H,2,4H2,1H3;2-6H,1H3;1-2H3. The number of alkyl halides is 3. The molecule has 0 aliphatic carbocycles. The summed E-state index contributed by atoms with van der Waals surface area (Å²) < 4.78 is 36.9. The van der Waals surface area contributed by atoms with Crippen molar-refractivity contribution in [1.82, 2.24) is 9.80 Å². The number of aliphatic imine (C=N–C) groups is 1. The molecule has 0 radical (unpaired) electrons. The van der Waals surface area contributed by atoms with Crippen molar-refractivity contribution in [3.8, 4) is 0 Å². The van der Waals surface area contributed by atoms with Crippen molar-refractivity contribution in [2.24, 2.45) is 10.9 Å². The van der Waals surface area contributed by atoms with Crippen molar-refractivity contribution in [2.45, 2.75) is 87.4 Å². The maximum absolute atomic E-state index is 12.3. The highest BCUT2D eigenvalue weighted by atomic mass is 19.4. The zero-order chi connectivity index (χ0) is 34.7.